The third kappa shape index (κ3) is 6.78. The lowest BCUT2D eigenvalue weighted by Gasteiger charge is -2.20. The van der Waals surface area contributed by atoms with Gasteiger partial charge in [-0.15, -0.1) is 0 Å². The number of hydrogen-bond acceptors (Lipinski definition) is 1. The van der Waals surface area contributed by atoms with E-state index in [4.69, 9.17) is 0 Å². The molecule has 2 atom stereocenters. The van der Waals surface area contributed by atoms with Gasteiger partial charge in [0, 0.05) is 0 Å². The van der Waals surface area contributed by atoms with Crippen molar-refractivity contribution in [3.8, 4) is 0 Å². The molecule has 0 spiro atoms. The van der Waals surface area contributed by atoms with Crippen LogP contribution < -0.4 is 0 Å². The Morgan fingerprint density at radius 3 is 2.17 bits per heavy atom. The standard InChI is InChI=1S/C17H35N/c1-4-7-8-9-10-11-13-18(6-3)14-12-17-15-16(17)5-2/h16-17H,4-15H2,1-3H3. The molecule has 0 radical (unpaired) electrons. The fraction of sp³-hybridized carbons (Fsp3) is 1.00. The summed E-state index contributed by atoms with van der Waals surface area (Å²) in [4.78, 5) is 2.67. The molecule has 1 aliphatic carbocycles. The van der Waals surface area contributed by atoms with Crippen LogP contribution in [0.2, 0.25) is 0 Å². The van der Waals surface area contributed by atoms with Gasteiger partial charge in [0.05, 0.1) is 0 Å². The van der Waals surface area contributed by atoms with Crippen LogP contribution in [0.4, 0.5) is 0 Å². The molecule has 0 aromatic carbocycles. The van der Waals surface area contributed by atoms with Crippen molar-refractivity contribution >= 4 is 0 Å². The summed E-state index contributed by atoms with van der Waals surface area (Å²) in [7, 11) is 0. The first-order valence-corrected chi connectivity index (χ1v) is 8.54. The first-order chi connectivity index (χ1) is 8.81. The van der Waals surface area contributed by atoms with E-state index >= 15 is 0 Å². The summed E-state index contributed by atoms with van der Waals surface area (Å²) in [6.07, 6.45) is 12.9. The summed E-state index contributed by atoms with van der Waals surface area (Å²) >= 11 is 0. The van der Waals surface area contributed by atoms with Crippen LogP contribution in [0.25, 0.3) is 0 Å². The quantitative estimate of drug-likeness (QED) is 0.437. The SMILES string of the molecule is CCCCCCCCN(CC)CCC1CC1CC. The second-order valence-corrected chi connectivity index (χ2v) is 6.15. The van der Waals surface area contributed by atoms with Crippen LogP contribution in [0.15, 0.2) is 0 Å². The molecule has 1 fully saturated rings. The van der Waals surface area contributed by atoms with Crippen molar-refractivity contribution in [2.24, 2.45) is 11.8 Å². The molecule has 0 amide bonds. The van der Waals surface area contributed by atoms with Gasteiger partial charge in [0.1, 0.15) is 0 Å². The van der Waals surface area contributed by atoms with Crippen LogP contribution in [0.5, 0.6) is 0 Å². The molecule has 0 saturated heterocycles. The third-order valence-electron chi connectivity index (χ3n) is 4.68. The second kappa shape index (κ2) is 9.83. The highest BCUT2D eigenvalue weighted by Gasteiger charge is 2.34. The Balaban J connectivity index is 1.93. The Hall–Kier alpha value is -0.0400. The molecule has 0 aromatic rings. The van der Waals surface area contributed by atoms with E-state index in [2.05, 4.69) is 25.7 Å². The van der Waals surface area contributed by atoms with Crippen LogP contribution in [0.1, 0.15) is 78.6 Å². The molecule has 1 saturated carbocycles. The molecule has 18 heavy (non-hydrogen) atoms. The minimum Gasteiger partial charge on any atom is -0.304 e. The summed E-state index contributed by atoms with van der Waals surface area (Å²) in [5.41, 5.74) is 0. The molecule has 1 aliphatic rings. The molecule has 1 rings (SSSR count). The average Bonchev–Trinajstić information content (AvgIpc) is 3.16. The van der Waals surface area contributed by atoms with Gasteiger partial charge in [-0.25, -0.2) is 0 Å². The lowest BCUT2D eigenvalue weighted by molar-refractivity contribution is 0.269. The van der Waals surface area contributed by atoms with Crippen LogP contribution in [-0.4, -0.2) is 24.5 Å². The molecule has 2 unspecified atom stereocenters. The molecule has 1 nitrogen and oxygen atoms in total. The fourth-order valence-electron chi connectivity index (χ4n) is 3.06. The number of nitrogens with zero attached hydrogens (tertiary/aromatic N) is 1. The molecule has 0 aromatic heterocycles. The predicted octanol–water partition coefficient (Wildman–Crippen LogP) is 5.11. The lowest BCUT2D eigenvalue weighted by atomic mass is 10.1. The van der Waals surface area contributed by atoms with E-state index in [1.165, 1.54) is 77.4 Å². The van der Waals surface area contributed by atoms with Gasteiger partial charge in [-0.3, -0.25) is 0 Å². The number of rotatable bonds is 12. The van der Waals surface area contributed by atoms with Crippen LogP contribution in [0.3, 0.4) is 0 Å². The maximum Gasteiger partial charge on any atom is -0.00161 e. The zero-order valence-corrected chi connectivity index (χ0v) is 13.1. The van der Waals surface area contributed by atoms with Crippen molar-refractivity contribution in [1.82, 2.24) is 4.90 Å². The molecular formula is C17H35N. The topological polar surface area (TPSA) is 3.24 Å². The highest BCUT2D eigenvalue weighted by Crippen LogP contribution is 2.43. The number of hydrogen-bond donors (Lipinski definition) is 0. The zero-order chi connectivity index (χ0) is 13.2. The molecule has 108 valence electrons. The van der Waals surface area contributed by atoms with E-state index in [9.17, 15) is 0 Å². The van der Waals surface area contributed by atoms with Crippen molar-refractivity contribution in [1.29, 1.82) is 0 Å². The van der Waals surface area contributed by atoms with Gasteiger partial charge in [0.2, 0.25) is 0 Å². The number of unbranched alkanes of at least 4 members (excludes halogenated alkanes) is 5. The molecular weight excluding hydrogens is 218 g/mol. The Bertz CT molecular complexity index is 190. The average molecular weight is 253 g/mol. The summed E-state index contributed by atoms with van der Waals surface area (Å²) in [6, 6.07) is 0. The maximum absolute atomic E-state index is 2.67. The van der Waals surface area contributed by atoms with Crippen molar-refractivity contribution in [3.05, 3.63) is 0 Å². The van der Waals surface area contributed by atoms with Crippen molar-refractivity contribution in [2.45, 2.75) is 78.6 Å². The van der Waals surface area contributed by atoms with E-state index in [1.54, 1.807) is 0 Å². The van der Waals surface area contributed by atoms with Gasteiger partial charge in [-0.05, 0) is 50.7 Å². The highest BCUT2D eigenvalue weighted by molar-refractivity contribution is 4.85. The van der Waals surface area contributed by atoms with Crippen molar-refractivity contribution in [3.63, 3.8) is 0 Å². The lowest BCUT2D eigenvalue weighted by Crippen LogP contribution is -2.26. The van der Waals surface area contributed by atoms with E-state index in [-0.39, 0.29) is 0 Å². The Morgan fingerprint density at radius 1 is 0.833 bits per heavy atom. The first-order valence-electron chi connectivity index (χ1n) is 8.54. The van der Waals surface area contributed by atoms with E-state index in [0.717, 1.165) is 11.8 Å². The van der Waals surface area contributed by atoms with E-state index in [1.807, 2.05) is 0 Å². The molecule has 1 heteroatoms. The molecule has 0 N–H and O–H groups in total. The van der Waals surface area contributed by atoms with Crippen LogP contribution in [-0.2, 0) is 0 Å². The minimum absolute atomic E-state index is 1.08. The van der Waals surface area contributed by atoms with E-state index in [0.29, 0.717) is 0 Å². The Morgan fingerprint density at radius 2 is 1.56 bits per heavy atom. The smallest absolute Gasteiger partial charge is 0.00161 e. The Kier molecular flexibility index (Phi) is 8.75. The maximum atomic E-state index is 2.67. The summed E-state index contributed by atoms with van der Waals surface area (Å²) in [5, 5.41) is 0. The molecule has 0 bridgehead atoms. The van der Waals surface area contributed by atoms with E-state index < -0.39 is 0 Å². The molecule has 0 heterocycles. The Labute approximate surface area is 115 Å². The van der Waals surface area contributed by atoms with Crippen molar-refractivity contribution < 1.29 is 0 Å². The van der Waals surface area contributed by atoms with Gasteiger partial charge in [0.25, 0.3) is 0 Å². The summed E-state index contributed by atoms with van der Waals surface area (Å²) in [5.74, 6) is 2.16. The van der Waals surface area contributed by atoms with Gasteiger partial charge in [-0.1, -0.05) is 59.3 Å². The normalized spacial score (nSPS) is 22.7. The van der Waals surface area contributed by atoms with Crippen LogP contribution >= 0.6 is 0 Å². The van der Waals surface area contributed by atoms with Gasteiger partial charge in [0.15, 0.2) is 0 Å². The van der Waals surface area contributed by atoms with Gasteiger partial charge >= 0.3 is 0 Å². The highest BCUT2D eigenvalue weighted by atomic mass is 15.1. The second-order valence-electron chi connectivity index (χ2n) is 6.15. The summed E-state index contributed by atoms with van der Waals surface area (Å²) in [6.45, 7) is 10.9. The summed E-state index contributed by atoms with van der Waals surface area (Å²) < 4.78 is 0. The first kappa shape index (κ1) is 16.0. The van der Waals surface area contributed by atoms with Crippen LogP contribution in [0, 0.1) is 11.8 Å². The fourth-order valence-corrected chi connectivity index (χ4v) is 3.06. The van der Waals surface area contributed by atoms with Gasteiger partial charge in [-0.2, -0.15) is 0 Å². The molecule has 0 aliphatic heterocycles. The predicted molar refractivity (Wildman–Crippen MR) is 82.0 cm³/mol. The third-order valence-corrected chi connectivity index (χ3v) is 4.68. The largest absolute Gasteiger partial charge is 0.304 e. The monoisotopic (exact) mass is 253 g/mol. The minimum atomic E-state index is 1.08. The van der Waals surface area contributed by atoms with Crippen molar-refractivity contribution in [2.75, 3.05) is 19.6 Å². The zero-order valence-electron chi connectivity index (χ0n) is 13.1. The van der Waals surface area contributed by atoms with Gasteiger partial charge < -0.3 is 4.90 Å².